The number of aliphatic hydroxyl groups is 1. The van der Waals surface area contributed by atoms with Crippen molar-refractivity contribution < 1.29 is 19.5 Å². The molecule has 4 rings (SSSR count). The quantitative estimate of drug-likeness (QED) is 0.519. The van der Waals surface area contributed by atoms with Crippen LogP contribution in [0.1, 0.15) is 92.4 Å². The Hall–Kier alpha value is -1.49. The minimum atomic E-state index is -0.234. The summed E-state index contributed by atoms with van der Waals surface area (Å²) in [6.07, 6.45) is 9.96. The summed E-state index contributed by atoms with van der Waals surface area (Å²) < 4.78 is 0. The fourth-order valence-electron chi connectivity index (χ4n) is 8.54. The molecule has 0 unspecified atom stereocenters. The Labute approximate surface area is 205 Å². The van der Waals surface area contributed by atoms with Gasteiger partial charge in [0.1, 0.15) is 11.6 Å². The van der Waals surface area contributed by atoms with Gasteiger partial charge in [-0.25, -0.2) is 0 Å². The van der Waals surface area contributed by atoms with Crippen molar-refractivity contribution in [1.82, 2.24) is 5.32 Å². The second-order valence-electron chi connectivity index (χ2n) is 12.7. The molecule has 34 heavy (non-hydrogen) atoms. The van der Waals surface area contributed by atoms with E-state index in [4.69, 9.17) is 0 Å². The van der Waals surface area contributed by atoms with Crippen molar-refractivity contribution in [2.24, 2.45) is 46.3 Å². The maximum atomic E-state index is 13.4. The summed E-state index contributed by atoms with van der Waals surface area (Å²) in [5.41, 5.74) is 1.52. The van der Waals surface area contributed by atoms with E-state index in [0.29, 0.717) is 42.9 Å². The molecule has 0 aromatic carbocycles. The fraction of sp³-hybridized carbons (Fsp3) is 0.828. The van der Waals surface area contributed by atoms with Crippen LogP contribution in [0.15, 0.2) is 11.6 Å². The zero-order valence-electron chi connectivity index (χ0n) is 21.9. The number of carbonyl (C=O) groups is 3. The van der Waals surface area contributed by atoms with E-state index in [-0.39, 0.29) is 46.4 Å². The van der Waals surface area contributed by atoms with E-state index >= 15 is 0 Å². The van der Waals surface area contributed by atoms with Crippen molar-refractivity contribution in [2.45, 2.75) is 98.5 Å². The first-order valence-electron chi connectivity index (χ1n) is 13.6. The minimum Gasteiger partial charge on any atom is -0.393 e. The molecule has 5 nitrogen and oxygen atoms in total. The molecule has 0 spiro atoms. The van der Waals surface area contributed by atoms with Gasteiger partial charge < -0.3 is 10.4 Å². The lowest BCUT2D eigenvalue weighted by Crippen LogP contribution is -2.51. The summed E-state index contributed by atoms with van der Waals surface area (Å²) in [6.45, 7) is 10.9. The number of ketones is 2. The monoisotopic (exact) mass is 471 g/mol. The van der Waals surface area contributed by atoms with Crippen molar-refractivity contribution in [3.05, 3.63) is 11.6 Å². The molecule has 4 aliphatic rings. The minimum absolute atomic E-state index is 0.0411. The molecule has 0 heterocycles. The van der Waals surface area contributed by atoms with Crippen molar-refractivity contribution in [2.75, 3.05) is 6.54 Å². The number of hydrogen-bond acceptors (Lipinski definition) is 4. The smallest absolute Gasteiger partial charge is 0.216 e. The SMILES string of the molecule is CC(=O)NC[C@H](C)CCC(=O)[C@H](C)[C@@H]1C(=O)C[C@@H]2[C@H]3CC=C4C[C@@H](O)CC[C@]4(C)[C@@H]3CC[C@@]21C. The third-order valence-electron chi connectivity index (χ3n) is 10.6. The summed E-state index contributed by atoms with van der Waals surface area (Å²) in [5, 5.41) is 13.1. The van der Waals surface area contributed by atoms with E-state index in [2.05, 4.69) is 32.2 Å². The molecule has 0 radical (unpaired) electrons. The topological polar surface area (TPSA) is 83.5 Å². The fourth-order valence-corrected chi connectivity index (χ4v) is 8.54. The first-order valence-corrected chi connectivity index (χ1v) is 13.6. The van der Waals surface area contributed by atoms with Crippen molar-refractivity contribution in [1.29, 1.82) is 0 Å². The van der Waals surface area contributed by atoms with Crippen molar-refractivity contribution in [3.63, 3.8) is 0 Å². The summed E-state index contributed by atoms with van der Waals surface area (Å²) >= 11 is 0. The molecule has 3 saturated carbocycles. The molecule has 190 valence electrons. The molecule has 9 atom stereocenters. The van der Waals surface area contributed by atoms with Gasteiger partial charge in [-0.2, -0.15) is 0 Å². The Bertz CT molecular complexity index is 864. The van der Waals surface area contributed by atoms with E-state index in [0.717, 1.165) is 44.9 Å². The molecule has 0 saturated heterocycles. The lowest BCUT2D eigenvalue weighted by atomic mass is 9.47. The summed E-state index contributed by atoms with van der Waals surface area (Å²) in [5.74, 6) is 1.78. The lowest BCUT2D eigenvalue weighted by molar-refractivity contribution is -0.134. The van der Waals surface area contributed by atoms with Gasteiger partial charge in [0.2, 0.25) is 5.91 Å². The molecular weight excluding hydrogens is 426 g/mol. The van der Waals surface area contributed by atoms with Crippen LogP contribution >= 0.6 is 0 Å². The Morgan fingerprint density at radius 2 is 1.88 bits per heavy atom. The predicted molar refractivity (Wildman–Crippen MR) is 133 cm³/mol. The Balaban J connectivity index is 1.46. The zero-order chi connectivity index (χ0) is 24.8. The Kier molecular flexibility index (Phi) is 7.17. The average molecular weight is 472 g/mol. The van der Waals surface area contributed by atoms with Crippen molar-refractivity contribution >= 4 is 17.5 Å². The number of carbonyl (C=O) groups excluding carboxylic acids is 3. The van der Waals surface area contributed by atoms with Crippen LogP contribution in [0, 0.1) is 46.3 Å². The standard InChI is InChI=1S/C29H45NO4/c1-17(16-30-19(3)31)6-9-25(33)18(2)27-26(34)15-24-22-8-7-20-14-21(32)10-12-28(20,4)23(22)11-13-29(24,27)5/h7,17-18,21-24,27,32H,6,8-16H2,1-5H3,(H,30,31)/t17-,18+,21+,22+,23-,24-,27-,28+,29+/m1/s1. The largest absolute Gasteiger partial charge is 0.393 e. The highest BCUT2D eigenvalue weighted by Gasteiger charge is 2.62. The van der Waals surface area contributed by atoms with Gasteiger partial charge in [-0.1, -0.05) is 39.3 Å². The number of fused-ring (bicyclic) bond motifs is 5. The van der Waals surface area contributed by atoms with E-state index < -0.39 is 0 Å². The summed E-state index contributed by atoms with van der Waals surface area (Å²) in [7, 11) is 0. The van der Waals surface area contributed by atoms with E-state index in [1.807, 2.05) is 6.92 Å². The first kappa shape index (κ1) is 25.6. The third-order valence-corrected chi connectivity index (χ3v) is 10.6. The van der Waals surface area contributed by atoms with Gasteiger partial charge in [-0.15, -0.1) is 0 Å². The van der Waals surface area contributed by atoms with Gasteiger partial charge in [0.25, 0.3) is 0 Å². The number of nitrogens with one attached hydrogen (secondary N) is 1. The highest BCUT2D eigenvalue weighted by Crippen LogP contribution is 2.66. The number of rotatable bonds is 7. The third kappa shape index (κ3) is 4.42. The van der Waals surface area contributed by atoms with Crippen LogP contribution in [0.4, 0.5) is 0 Å². The predicted octanol–water partition coefficient (Wildman–Crippen LogP) is 4.86. The molecule has 0 aromatic rings. The first-order chi connectivity index (χ1) is 16.0. The maximum Gasteiger partial charge on any atom is 0.216 e. The van der Waals surface area contributed by atoms with Crippen LogP contribution in [-0.2, 0) is 14.4 Å². The Morgan fingerprint density at radius 3 is 2.59 bits per heavy atom. The van der Waals surface area contributed by atoms with Crippen LogP contribution in [0.2, 0.25) is 0 Å². The number of aliphatic hydroxyl groups excluding tert-OH is 1. The molecule has 3 fully saturated rings. The van der Waals surface area contributed by atoms with Gasteiger partial charge in [-0.05, 0) is 79.4 Å². The number of Topliss-reactive ketones (excluding diaryl/α,β-unsaturated/α-hetero) is 2. The second-order valence-corrected chi connectivity index (χ2v) is 12.7. The van der Waals surface area contributed by atoms with E-state index in [1.54, 1.807) is 0 Å². The van der Waals surface area contributed by atoms with Gasteiger partial charge in [-0.3, -0.25) is 14.4 Å². The van der Waals surface area contributed by atoms with Gasteiger partial charge in [0.15, 0.2) is 0 Å². The molecule has 1 amide bonds. The van der Waals surface area contributed by atoms with Gasteiger partial charge in [0.05, 0.1) is 6.10 Å². The molecule has 0 aromatic heterocycles. The molecule has 4 aliphatic carbocycles. The lowest BCUT2D eigenvalue weighted by Gasteiger charge is -2.58. The highest BCUT2D eigenvalue weighted by atomic mass is 16.3. The number of amides is 1. The van der Waals surface area contributed by atoms with Crippen LogP contribution < -0.4 is 5.32 Å². The number of allylic oxidation sites excluding steroid dienone is 1. The molecular formula is C29H45NO4. The average Bonchev–Trinajstić information content (AvgIpc) is 3.05. The summed E-state index contributed by atoms with van der Waals surface area (Å²) in [6, 6.07) is 0. The van der Waals surface area contributed by atoms with Crippen LogP contribution in [0.5, 0.6) is 0 Å². The van der Waals surface area contributed by atoms with Gasteiger partial charge in [0, 0.05) is 38.1 Å². The maximum absolute atomic E-state index is 13.4. The van der Waals surface area contributed by atoms with Crippen LogP contribution in [0.25, 0.3) is 0 Å². The van der Waals surface area contributed by atoms with Gasteiger partial charge >= 0.3 is 0 Å². The molecule has 0 bridgehead atoms. The normalized spacial score (nSPS) is 40.9. The Morgan fingerprint density at radius 1 is 1.15 bits per heavy atom. The summed E-state index contributed by atoms with van der Waals surface area (Å²) in [4.78, 5) is 37.8. The second kappa shape index (κ2) is 9.52. The highest BCUT2D eigenvalue weighted by molar-refractivity contribution is 5.92. The van der Waals surface area contributed by atoms with Crippen molar-refractivity contribution in [3.8, 4) is 0 Å². The number of hydrogen-bond donors (Lipinski definition) is 2. The van der Waals surface area contributed by atoms with Crippen LogP contribution in [0.3, 0.4) is 0 Å². The van der Waals surface area contributed by atoms with E-state index in [9.17, 15) is 19.5 Å². The van der Waals surface area contributed by atoms with E-state index in [1.165, 1.54) is 12.5 Å². The molecule has 5 heteroatoms. The van der Waals surface area contributed by atoms with Crippen LogP contribution in [-0.4, -0.2) is 35.2 Å². The zero-order valence-corrected chi connectivity index (χ0v) is 21.9. The molecule has 2 N–H and O–H groups in total. The molecule has 0 aliphatic heterocycles.